The molecule has 0 spiro atoms. The lowest BCUT2D eigenvalue weighted by molar-refractivity contribution is 0.0530. The quantitative estimate of drug-likeness (QED) is 0.352. The maximum absolute atomic E-state index is 13.1. The van der Waals surface area contributed by atoms with Crippen LogP contribution in [0.4, 0.5) is 5.00 Å². The number of fused-ring (bicyclic) bond motifs is 1. The standard InChI is InChI=1S/C29H36N2O4S/c1-5-34-28(33)25-23-14-13-22(35-18-17-31-15-7-6-8-16-31)19-24(23)36-27(25)30-26(32)20-9-11-21(12-10-20)29(2,3)4/h9-14,19H,5-8,15-18H2,1-4H3,(H,30,32). The van der Waals surface area contributed by atoms with Crippen molar-refractivity contribution < 1.29 is 19.1 Å². The summed E-state index contributed by atoms with van der Waals surface area (Å²) in [5.74, 6) is 0.0540. The monoisotopic (exact) mass is 508 g/mol. The van der Waals surface area contributed by atoms with Gasteiger partial charge in [0.2, 0.25) is 0 Å². The Morgan fingerprint density at radius 2 is 1.75 bits per heavy atom. The number of carbonyl (C=O) groups excluding carboxylic acids is 2. The van der Waals surface area contributed by atoms with Crippen molar-refractivity contribution in [3.8, 4) is 5.75 Å². The van der Waals surface area contributed by atoms with E-state index in [1.54, 1.807) is 6.92 Å². The maximum atomic E-state index is 13.1. The molecule has 1 amide bonds. The number of nitrogens with one attached hydrogen (secondary N) is 1. The van der Waals surface area contributed by atoms with Gasteiger partial charge in [0.15, 0.2) is 0 Å². The number of hydrogen-bond acceptors (Lipinski definition) is 6. The average Bonchev–Trinajstić information content (AvgIpc) is 3.21. The van der Waals surface area contributed by atoms with Crippen LogP contribution in [-0.4, -0.2) is 49.6 Å². The first-order valence-corrected chi connectivity index (χ1v) is 13.6. The van der Waals surface area contributed by atoms with Gasteiger partial charge in [-0.1, -0.05) is 39.3 Å². The van der Waals surface area contributed by atoms with Crippen molar-refractivity contribution in [1.82, 2.24) is 4.90 Å². The van der Waals surface area contributed by atoms with Crippen molar-refractivity contribution in [3.63, 3.8) is 0 Å². The first-order chi connectivity index (χ1) is 17.3. The molecule has 1 saturated heterocycles. The van der Waals surface area contributed by atoms with E-state index in [2.05, 4.69) is 31.0 Å². The highest BCUT2D eigenvalue weighted by Crippen LogP contribution is 2.38. The highest BCUT2D eigenvalue weighted by molar-refractivity contribution is 7.23. The van der Waals surface area contributed by atoms with Crippen molar-refractivity contribution >= 4 is 38.3 Å². The molecule has 0 bridgehead atoms. The zero-order valence-corrected chi connectivity index (χ0v) is 22.5. The second-order valence-electron chi connectivity index (χ2n) is 10.2. The molecule has 7 heteroatoms. The number of amides is 1. The molecule has 1 N–H and O–H groups in total. The zero-order chi connectivity index (χ0) is 25.7. The van der Waals surface area contributed by atoms with Crippen LogP contribution in [0.3, 0.4) is 0 Å². The summed E-state index contributed by atoms with van der Waals surface area (Å²) in [4.78, 5) is 28.3. The number of rotatable bonds is 8. The molecule has 3 aromatic rings. The highest BCUT2D eigenvalue weighted by Gasteiger charge is 2.23. The topological polar surface area (TPSA) is 67.9 Å². The third kappa shape index (κ3) is 6.26. The Morgan fingerprint density at radius 3 is 2.42 bits per heavy atom. The van der Waals surface area contributed by atoms with Crippen LogP contribution < -0.4 is 10.1 Å². The number of hydrogen-bond donors (Lipinski definition) is 1. The second kappa shape index (κ2) is 11.4. The van der Waals surface area contributed by atoms with E-state index in [0.29, 0.717) is 22.7 Å². The third-order valence-corrected chi connectivity index (χ3v) is 7.57. The van der Waals surface area contributed by atoms with Crippen LogP contribution in [-0.2, 0) is 10.2 Å². The summed E-state index contributed by atoms with van der Waals surface area (Å²) in [5, 5.41) is 4.19. The van der Waals surface area contributed by atoms with Crippen molar-refractivity contribution in [2.75, 3.05) is 38.2 Å². The van der Waals surface area contributed by atoms with Crippen LogP contribution in [0.2, 0.25) is 0 Å². The second-order valence-corrected chi connectivity index (χ2v) is 11.3. The third-order valence-electron chi connectivity index (χ3n) is 6.51. The van der Waals surface area contributed by atoms with Crippen LogP contribution in [0.1, 0.15) is 73.2 Å². The van der Waals surface area contributed by atoms with Crippen LogP contribution in [0.25, 0.3) is 10.1 Å². The number of esters is 1. The molecular formula is C29H36N2O4S. The maximum Gasteiger partial charge on any atom is 0.341 e. The predicted molar refractivity (Wildman–Crippen MR) is 147 cm³/mol. The molecule has 0 unspecified atom stereocenters. The molecule has 1 aromatic heterocycles. The van der Waals surface area contributed by atoms with Crippen LogP contribution >= 0.6 is 11.3 Å². The van der Waals surface area contributed by atoms with Crippen molar-refractivity contribution in [2.45, 2.75) is 52.4 Å². The molecule has 192 valence electrons. The molecule has 1 aliphatic rings. The van der Waals surface area contributed by atoms with Crippen LogP contribution in [0.5, 0.6) is 5.75 Å². The molecule has 0 aliphatic carbocycles. The van der Waals surface area contributed by atoms with Gasteiger partial charge in [-0.15, -0.1) is 11.3 Å². The highest BCUT2D eigenvalue weighted by atomic mass is 32.1. The smallest absolute Gasteiger partial charge is 0.341 e. The molecule has 0 radical (unpaired) electrons. The van der Waals surface area contributed by atoms with E-state index >= 15 is 0 Å². The number of thiophene rings is 1. The fraction of sp³-hybridized carbons (Fsp3) is 0.448. The molecule has 2 aromatic carbocycles. The molecule has 4 rings (SSSR count). The first-order valence-electron chi connectivity index (χ1n) is 12.8. The van der Waals surface area contributed by atoms with Gasteiger partial charge < -0.3 is 14.8 Å². The van der Waals surface area contributed by atoms with Gasteiger partial charge in [0.1, 0.15) is 22.9 Å². The van der Waals surface area contributed by atoms with Gasteiger partial charge in [-0.05, 0) is 74.2 Å². The minimum atomic E-state index is -0.444. The van der Waals surface area contributed by atoms with Crippen molar-refractivity contribution in [1.29, 1.82) is 0 Å². The van der Waals surface area contributed by atoms with E-state index in [4.69, 9.17) is 9.47 Å². The number of piperidine rings is 1. The minimum Gasteiger partial charge on any atom is -0.492 e. The molecule has 0 saturated carbocycles. The van der Waals surface area contributed by atoms with E-state index < -0.39 is 5.97 Å². The lowest BCUT2D eigenvalue weighted by Gasteiger charge is -2.26. The van der Waals surface area contributed by atoms with Gasteiger partial charge in [0, 0.05) is 22.2 Å². The van der Waals surface area contributed by atoms with E-state index in [1.807, 2.05) is 42.5 Å². The molecule has 2 heterocycles. The lowest BCUT2D eigenvalue weighted by atomic mass is 9.87. The number of ether oxygens (including phenoxy) is 2. The number of benzene rings is 2. The average molecular weight is 509 g/mol. The van der Waals surface area contributed by atoms with Crippen molar-refractivity contribution in [2.24, 2.45) is 0 Å². The van der Waals surface area contributed by atoms with Gasteiger partial charge in [-0.25, -0.2) is 4.79 Å². The Balaban J connectivity index is 1.53. The molecule has 1 fully saturated rings. The molecular weight excluding hydrogens is 472 g/mol. The Hall–Kier alpha value is -2.90. The molecule has 1 aliphatic heterocycles. The van der Waals surface area contributed by atoms with Gasteiger partial charge in [-0.3, -0.25) is 9.69 Å². The predicted octanol–water partition coefficient (Wildman–Crippen LogP) is 6.49. The summed E-state index contributed by atoms with van der Waals surface area (Å²) >= 11 is 1.36. The normalized spacial score (nSPS) is 14.6. The van der Waals surface area contributed by atoms with E-state index in [1.165, 1.54) is 30.6 Å². The van der Waals surface area contributed by atoms with Crippen molar-refractivity contribution in [3.05, 3.63) is 59.2 Å². The summed E-state index contributed by atoms with van der Waals surface area (Å²) in [6.45, 7) is 12.2. The fourth-order valence-electron chi connectivity index (χ4n) is 4.43. The van der Waals surface area contributed by atoms with Gasteiger partial charge >= 0.3 is 5.97 Å². The summed E-state index contributed by atoms with van der Waals surface area (Å²) in [5.41, 5.74) is 2.08. The minimum absolute atomic E-state index is 0.00508. The summed E-state index contributed by atoms with van der Waals surface area (Å²) in [7, 11) is 0. The number of anilines is 1. The molecule has 36 heavy (non-hydrogen) atoms. The molecule has 0 atom stereocenters. The van der Waals surface area contributed by atoms with Gasteiger partial charge in [0.05, 0.1) is 6.61 Å². The number of carbonyl (C=O) groups is 2. The van der Waals surface area contributed by atoms with Gasteiger partial charge in [0.25, 0.3) is 5.91 Å². The Kier molecular flexibility index (Phi) is 8.32. The largest absolute Gasteiger partial charge is 0.492 e. The number of nitrogens with zero attached hydrogens (tertiary/aromatic N) is 1. The number of likely N-dealkylation sites (tertiary alicyclic amines) is 1. The molecule has 6 nitrogen and oxygen atoms in total. The Bertz CT molecular complexity index is 1200. The SMILES string of the molecule is CCOC(=O)c1c(NC(=O)c2ccc(C(C)(C)C)cc2)sc2cc(OCCN3CCCCC3)ccc12. The zero-order valence-electron chi connectivity index (χ0n) is 21.7. The lowest BCUT2D eigenvalue weighted by Crippen LogP contribution is -2.33. The van der Waals surface area contributed by atoms with E-state index in [0.717, 1.165) is 41.0 Å². The van der Waals surface area contributed by atoms with Crippen LogP contribution in [0, 0.1) is 0 Å². The Labute approximate surface area is 217 Å². The van der Waals surface area contributed by atoms with E-state index in [-0.39, 0.29) is 17.9 Å². The van der Waals surface area contributed by atoms with Gasteiger partial charge in [-0.2, -0.15) is 0 Å². The van der Waals surface area contributed by atoms with Crippen LogP contribution in [0.15, 0.2) is 42.5 Å². The fourth-order valence-corrected chi connectivity index (χ4v) is 5.55. The summed E-state index contributed by atoms with van der Waals surface area (Å²) in [6, 6.07) is 13.3. The summed E-state index contributed by atoms with van der Waals surface area (Å²) < 4.78 is 12.2. The van der Waals surface area contributed by atoms with E-state index in [9.17, 15) is 9.59 Å². The summed E-state index contributed by atoms with van der Waals surface area (Å²) in [6.07, 6.45) is 3.83. The first kappa shape index (κ1) is 26.2. The Morgan fingerprint density at radius 1 is 1.03 bits per heavy atom.